The predicted octanol–water partition coefficient (Wildman–Crippen LogP) is 3.05. The molecule has 0 aromatic heterocycles. The van der Waals surface area contributed by atoms with E-state index in [-0.39, 0.29) is 12.5 Å². The Morgan fingerprint density at radius 1 is 1.24 bits per heavy atom. The highest BCUT2D eigenvalue weighted by atomic mass is 16.5. The first kappa shape index (κ1) is 17.0. The van der Waals surface area contributed by atoms with Crippen molar-refractivity contribution in [2.45, 2.75) is 40.3 Å². The predicted molar refractivity (Wildman–Crippen MR) is 79.8 cm³/mol. The molecule has 5 nitrogen and oxygen atoms in total. The molecule has 0 fully saturated rings. The SMILES string of the molecule is CC(C)C(NC(=O)OCc1ccccc1)C(C)(C)C(=O)O. The smallest absolute Gasteiger partial charge is 0.407 e. The number of ether oxygens (including phenoxy) is 1. The Morgan fingerprint density at radius 3 is 2.29 bits per heavy atom. The third kappa shape index (κ3) is 4.77. The minimum Gasteiger partial charge on any atom is -0.481 e. The molecule has 0 heterocycles. The molecule has 0 bridgehead atoms. The van der Waals surface area contributed by atoms with E-state index in [9.17, 15) is 14.7 Å². The third-order valence-electron chi connectivity index (χ3n) is 3.48. The highest BCUT2D eigenvalue weighted by Gasteiger charge is 2.39. The zero-order chi connectivity index (χ0) is 16.0. The molecule has 0 aliphatic heterocycles. The summed E-state index contributed by atoms with van der Waals surface area (Å²) in [6, 6.07) is 8.80. The van der Waals surface area contributed by atoms with Crippen LogP contribution in [0.25, 0.3) is 0 Å². The Balaban J connectivity index is 2.63. The number of rotatable bonds is 6. The first-order chi connectivity index (χ1) is 9.75. The molecule has 0 saturated heterocycles. The van der Waals surface area contributed by atoms with Crippen molar-refractivity contribution in [3.8, 4) is 0 Å². The van der Waals surface area contributed by atoms with Gasteiger partial charge in [-0.05, 0) is 25.3 Å². The molecule has 2 N–H and O–H groups in total. The summed E-state index contributed by atoms with van der Waals surface area (Å²) >= 11 is 0. The molecule has 21 heavy (non-hydrogen) atoms. The van der Waals surface area contributed by atoms with Crippen molar-refractivity contribution in [1.82, 2.24) is 5.32 Å². The molecule has 1 aromatic carbocycles. The molecule has 1 atom stereocenters. The molecule has 116 valence electrons. The molecular weight excluding hydrogens is 270 g/mol. The number of carboxylic acid groups (broad SMARTS) is 1. The van der Waals surface area contributed by atoms with Gasteiger partial charge in [0.1, 0.15) is 6.61 Å². The van der Waals surface area contributed by atoms with Gasteiger partial charge in [0, 0.05) is 0 Å². The summed E-state index contributed by atoms with van der Waals surface area (Å²) in [7, 11) is 0. The van der Waals surface area contributed by atoms with Gasteiger partial charge in [-0.2, -0.15) is 0 Å². The Bertz CT molecular complexity index is 482. The Labute approximate surface area is 125 Å². The molecule has 0 spiro atoms. The molecule has 5 heteroatoms. The number of hydrogen-bond donors (Lipinski definition) is 2. The fraction of sp³-hybridized carbons (Fsp3) is 0.500. The van der Waals surface area contributed by atoms with E-state index < -0.39 is 23.5 Å². The van der Waals surface area contributed by atoms with Crippen LogP contribution in [0.4, 0.5) is 4.79 Å². The molecule has 1 rings (SSSR count). The minimum absolute atomic E-state index is 0.0274. The maximum Gasteiger partial charge on any atom is 0.407 e. The average molecular weight is 293 g/mol. The quantitative estimate of drug-likeness (QED) is 0.845. The Kier molecular flexibility index (Phi) is 5.76. The summed E-state index contributed by atoms with van der Waals surface area (Å²) in [5, 5.41) is 12.0. The summed E-state index contributed by atoms with van der Waals surface area (Å²) in [6.45, 7) is 7.08. The van der Waals surface area contributed by atoms with E-state index >= 15 is 0 Å². The van der Waals surface area contributed by atoms with Gasteiger partial charge in [0.05, 0.1) is 11.5 Å². The van der Waals surface area contributed by atoms with E-state index in [1.54, 1.807) is 13.8 Å². The highest BCUT2D eigenvalue weighted by Crippen LogP contribution is 2.26. The molecular formula is C16H23NO4. The van der Waals surface area contributed by atoms with Crippen LogP contribution in [0, 0.1) is 11.3 Å². The van der Waals surface area contributed by atoms with Gasteiger partial charge >= 0.3 is 12.1 Å². The number of nitrogens with one attached hydrogen (secondary N) is 1. The lowest BCUT2D eigenvalue weighted by molar-refractivity contribution is -0.149. The van der Waals surface area contributed by atoms with Gasteiger partial charge in [-0.25, -0.2) is 4.79 Å². The highest BCUT2D eigenvalue weighted by molar-refractivity contribution is 5.76. The number of benzene rings is 1. The fourth-order valence-electron chi connectivity index (χ4n) is 2.21. The first-order valence-electron chi connectivity index (χ1n) is 6.95. The second-order valence-electron chi connectivity index (χ2n) is 5.95. The van der Waals surface area contributed by atoms with Crippen molar-refractivity contribution in [2.24, 2.45) is 11.3 Å². The number of carboxylic acids is 1. The van der Waals surface area contributed by atoms with Crippen LogP contribution in [-0.2, 0) is 16.1 Å². The van der Waals surface area contributed by atoms with Crippen molar-refractivity contribution in [2.75, 3.05) is 0 Å². The maximum atomic E-state index is 11.9. The van der Waals surface area contributed by atoms with Crippen molar-refractivity contribution in [1.29, 1.82) is 0 Å². The first-order valence-corrected chi connectivity index (χ1v) is 6.95. The van der Waals surface area contributed by atoms with Crippen LogP contribution in [-0.4, -0.2) is 23.2 Å². The van der Waals surface area contributed by atoms with Crippen LogP contribution in [0.1, 0.15) is 33.3 Å². The molecule has 0 radical (unpaired) electrons. The average Bonchev–Trinajstić information content (AvgIpc) is 2.43. The van der Waals surface area contributed by atoms with Crippen LogP contribution in [0.15, 0.2) is 30.3 Å². The van der Waals surface area contributed by atoms with Crippen LogP contribution in [0.2, 0.25) is 0 Å². The van der Waals surface area contributed by atoms with Crippen LogP contribution < -0.4 is 5.32 Å². The number of hydrogen-bond acceptors (Lipinski definition) is 3. The van der Waals surface area contributed by atoms with E-state index in [2.05, 4.69) is 5.32 Å². The fourth-order valence-corrected chi connectivity index (χ4v) is 2.21. The monoisotopic (exact) mass is 293 g/mol. The van der Waals surface area contributed by atoms with Crippen molar-refractivity contribution < 1.29 is 19.4 Å². The van der Waals surface area contributed by atoms with Crippen molar-refractivity contribution in [3.63, 3.8) is 0 Å². The number of carbonyl (C=O) groups is 2. The summed E-state index contributed by atoms with van der Waals surface area (Å²) in [5.41, 5.74) is -0.189. The molecule has 0 saturated carbocycles. The third-order valence-corrected chi connectivity index (χ3v) is 3.48. The zero-order valence-corrected chi connectivity index (χ0v) is 12.9. The van der Waals surface area contributed by atoms with E-state index in [1.807, 2.05) is 44.2 Å². The van der Waals surface area contributed by atoms with Crippen molar-refractivity contribution in [3.05, 3.63) is 35.9 Å². The van der Waals surface area contributed by atoms with Gasteiger partial charge in [-0.1, -0.05) is 44.2 Å². The molecule has 1 aromatic rings. The van der Waals surface area contributed by atoms with E-state index in [0.717, 1.165) is 5.56 Å². The zero-order valence-electron chi connectivity index (χ0n) is 12.9. The van der Waals surface area contributed by atoms with E-state index in [4.69, 9.17) is 4.74 Å². The van der Waals surface area contributed by atoms with Crippen LogP contribution >= 0.6 is 0 Å². The second kappa shape index (κ2) is 7.11. The van der Waals surface area contributed by atoms with Gasteiger partial charge in [0.2, 0.25) is 0 Å². The maximum absolute atomic E-state index is 11.9. The molecule has 0 aliphatic rings. The van der Waals surface area contributed by atoms with Gasteiger partial charge in [-0.15, -0.1) is 0 Å². The second-order valence-corrected chi connectivity index (χ2v) is 5.95. The standard InChI is InChI=1S/C16H23NO4/c1-11(2)13(16(3,4)14(18)19)17-15(20)21-10-12-8-6-5-7-9-12/h5-9,11,13H,10H2,1-4H3,(H,17,20)(H,18,19). The van der Waals surface area contributed by atoms with E-state index in [0.29, 0.717) is 0 Å². The lowest BCUT2D eigenvalue weighted by Crippen LogP contribution is -2.51. The number of aliphatic carboxylic acids is 1. The largest absolute Gasteiger partial charge is 0.481 e. The van der Waals surface area contributed by atoms with Gasteiger partial charge in [0.15, 0.2) is 0 Å². The van der Waals surface area contributed by atoms with Gasteiger partial charge < -0.3 is 15.2 Å². The normalized spacial score (nSPS) is 12.8. The lowest BCUT2D eigenvalue weighted by atomic mass is 9.78. The van der Waals surface area contributed by atoms with Crippen molar-refractivity contribution >= 4 is 12.1 Å². The van der Waals surface area contributed by atoms with E-state index in [1.165, 1.54) is 0 Å². The van der Waals surface area contributed by atoms with Gasteiger partial charge in [0.25, 0.3) is 0 Å². The van der Waals surface area contributed by atoms with Crippen LogP contribution in [0.5, 0.6) is 0 Å². The number of amides is 1. The molecule has 1 unspecified atom stereocenters. The molecule has 0 aliphatic carbocycles. The summed E-state index contributed by atoms with van der Waals surface area (Å²) in [6.07, 6.45) is -0.605. The lowest BCUT2D eigenvalue weighted by Gasteiger charge is -2.33. The van der Waals surface area contributed by atoms with Gasteiger partial charge in [-0.3, -0.25) is 4.79 Å². The topological polar surface area (TPSA) is 75.6 Å². The minimum atomic E-state index is -1.07. The summed E-state index contributed by atoms with van der Waals surface area (Å²) in [4.78, 5) is 23.2. The summed E-state index contributed by atoms with van der Waals surface area (Å²) in [5.74, 6) is -0.982. The molecule has 1 amide bonds. The number of carbonyl (C=O) groups excluding carboxylic acids is 1. The number of alkyl carbamates (subject to hydrolysis) is 1. The Morgan fingerprint density at radius 2 is 1.81 bits per heavy atom. The van der Waals surface area contributed by atoms with Crippen LogP contribution in [0.3, 0.4) is 0 Å². The summed E-state index contributed by atoms with van der Waals surface area (Å²) < 4.78 is 5.14. The Hall–Kier alpha value is -2.04.